The van der Waals surface area contributed by atoms with Gasteiger partial charge in [0.2, 0.25) is 0 Å². The highest BCUT2D eigenvalue weighted by atomic mass is 28.4. The van der Waals surface area contributed by atoms with Gasteiger partial charge in [-0.3, -0.25) is 0 Å². The summed E-state index contributed by atoms with van der Waals surface area (Å²) in [5.74, 6) is 1.74. The molecule has 5 heteroatoms. The van der Waals surface area contributed by atoms with Crippen molar-refractivity contribution in [1.29, 1.82) is 0 Å². The van der Waals surface area contributed by atoms with E-state index in [0.717, 1.165) is 17.1 Å². The van der Waals surface area contributed by atoms with Crippen molar-refractivity contribution in [2.24, 2.45) is 0 Å². The Balaban J connectivity index is 2.44. The quantitative estimate of drug-likeness (QED) is 0.386. The van der Waals surface area contributed by atoms with Crippen LogP contribution in [0.1, 0.15) is 53.2 Å². The molecule has 1 aliphatic heterocycles. The third kappa shape index (κ3) is 5.06. The molecule has 0 radical (unpaired) electrons. The van der Waals surface area contributed by atoms with E-state index in [0.29, 0.717) is 6.61 Å². The summed E-state index contributed by atoms with van der Waals surface area (Å²) in [5.41, 5.74) is 1.13. The van der Waals surface area contributed by atoms with Crippen molar-refractivity contribution in [1.82, 2.24) is 0 Å². The molecule has 1 aromatic rings. The molecule has 0 saturated carbocycles. The molecule has 0 saturated heterocycles. The molecule has 1 heterocycles. The first-order valence-electron chi connectivity index (χ1n) is 9.94. The van der Waals surface area contributed by atoms with Crippen LogP contribution in [0.15, 0.2) is 30.4 Å². The second-order valence-corrected chi connectivity index (χ2v) is 20.1. The molecule has 1 atom stereocenters. The first kappa shape index (κ1) is 22.2. The standard InChI is InChI=1S/C22H38O3Si2/c1-21(2,3)26(7,8)24-19-14-13-17(18-12-11-15-23-18)16-20(19)25-27(9,10)22(4,5)6/h11-14,16,18H,15H2,1-10H3/t18-/m1/s1. The molecule has 0 fully saturated rings. The lowest BCUT2D eigenvalue weighted by molar-refractivity contribution is 0.129. The first-order valence-corrected chi connectivity index (χ1v) is 15.8. The van der Waals surface area contributed by atoms with Gasteiger partial charge in [-0.1, -0.05) is 59.8 Å². The number of hydrogen-bond donors (Lipinski definition) is 0. The predicted octanol–water partition coefficient (Wildman–Crippen LogP) is 7.08. The van der Waals surface area contributed by atoms with E-state index in [1.165, 1.54) is 0 Å². The van der Waals surface area contributed by atoms with Crippen LogP contribution in [-0.4, -0.2) is 23.2 Å². The van der Waals surface area contributed by atoms with Crippen LogP contribution >= 0.6 is 0 Å². The van der Waals surface area contributed by atoms with Crippen LogP contribution in [0.5, 0.6) is 11.5 Å². The van der Waals surface area contributed by atoms with Crippen molar-refractivity contribution in [2.45, 2.75) is 83.9 Å². The van der Waals surface area contributed by atoms with Crippen molar-refractivity contribution >= 4 is 16.6 Å². The summed E-state index contributed by atoms with van der Waals surface area (Å²) < 4.78 is 19.2. The summed E-state index contributed by atoms with van der Waals surface area (Å²) in [6.45, 7) is 23.4. The largest absolute Gasteiger partial charge is 0.541 e. The number of rotatable bonds is 5. The smallest absolute Gasteiger partial charge is 0.250 e. The monoisotopic (exact) mass is 406 g/mol. The van der Waals surface area contributed by atoms with Crippen LogP contribution < -0.4 is 8.85 Å². The summed E-state index contributed by atoms with van der Waals surface area (Å²) in [6, 6.07) is 6.32. The molecule has 3 nitrogen and oxygen atoms in total. The van der Waals surface area contributed by atoms with Gasteiger partial charge in [-0.25, -0.2) is 0 Å². The molecule has 1 aliphatic rings. The third-order valence-corrected chi connectivity index (χ3v) is 15.0. The fraction of sp³-hybridized carbons (Fsp3) is 0.636. The molecule has 152 valence electrons. The summed E-state index contributed by atoms with van der Waals surface area (Å²) >= 11 is 0. The zero-order valence-corrected chi connectivity index (χ0v) is 20.9. The van der Waals surface area contributed by atoms with Gasteiger partial charge in [0.05, 0.1) is 6.61 Å². The average molecular weight is 407 g/mol. The van der Waals surface area contributed by atoms with Gasteiger partial charge in [-0.15, -0.1) is 0 Å². The topological polar surface area (TPSA) is 27.7 Å². The Morgan fingerprint density at radius 2 is 1.37 bits per heavy atom. The second-order valence-electron chi connectivity index (χ2n) is 10.6. The molecular formula is C22H38O3Si2. The third-order valence-electron chi connectivity index (χ3n) is 6.32. The lowest BCUT2D eigenvalue weighted by Crippen LogP contribution is -2.45. The lowest BCUT2D eigenvalue weighted by atomic mass is 10.1. The Bertz CT molecular complexity index is 694. The molecule has 0 N–H and O–H groups in total. The van der Waals surface area contributed by atoms with Crippen LogP contribution in [0.3, 0.4) is 0 Å². The Labute approximate surface area is 168 Å². The van der Waals surface area contributed by atoms with Gasteiger partial charge in [0.25, 0.3) is 16.6 Å². The molecule has 0 spiro atoms. The van der Waals surface area contributed by atoms with Crippen LogP contribution in [0.25, 0.3) is 0 Å². The molecule has 0 aliphatic carbocycles. The molecule has 1 aromatic carbocycles. The minimum Gasteiger partial charge on any atom is -0.541 e. The SMILES string of the molecule is CC(C)(C)[Si](C)(C)Oc1ccc([C@H]2C=CCO2)cc1O[Si](C)(C)C(C)(C)C. The minimum atomic E-state index is -1.98. The first-order chi connectivity index (χ1) is 12.1. The molecule has 0 unspecified atom stereocenters. The highest BCUT2D eigenvalue weighted by Crippen LogP contribution is 2.44. The van der Waals surface area contributed by atoms with Gasteiger partial charge in [0, 0.05) is 0 Å². The maximum absolute atomic E-state index is 6.71. The highest BCUT2D eigenvalue weighted by molar-refractivity contribution is 6.75. The van der Waals surface area contributed by atoms with Crippen LogP contribution in [0.2, 0.25) is 36.3 Å². The minimum absolute atomic E-state index is 0.00804. The van der Waals surface area contributed by atoms with Crippen molar-refractivity contribution in [3.05, 3.63) is 35.9 Å². The molecule has 27 heavy (non-hydrogen) atoms. The van der Waals surface area contributed by atoms with E-state index in [4.69, 9.17) is 13.6 Å². The Morgan fingerprint density at radius 3 is 1.81 bits per heavy atom. The number of ether oxygens (including phenoxy) is 1. The van der Waals surface area contributed by atoms with Gasteiger partial charge >= 0.3 is 0 Å². The van der Waals surface area contributed by atoms with E-state index in [9.17, 15) is 0 Å². The van der Waals surface area contributed by atoms with Gasteiger partial charge in [-0.2, -0.15) is 0 Å². The zero-order chi connectivity index (χ0) is 20.7. The maximum atomic E-state index is 6.71. The zero-order valence-electron chi connectivity index (χ0n) is 18.9. The lowest BCUT2D eigenvalue weighted by Gasteiger charge is -2.40. The molecule has 0 aromatic heterocycles. The van der Waals surface area contributed by atoms with Crippen molar-refractivity contribution in [2.75, 3.05) is 6.61 Å². The normalized spacial score (nSPS) is 18.7. The molecular weight excluding hydrogens is 368 g/mol. The molecule has 0 bridgehead atoms. The number of hydrogen-bond acceptors (Lipinski definition) is 3. The number of benzene rings is 1. The summed E-state index contributed by atoms with van der Waals surface area (Å²) in [4.78, 5) is 0. The average Bonchev–Trinajstić information content (AvgIpc) is 3.00. The molecule has 0 amide bonds. The Morgan fingerprint density at radius 1 is 0.852 bits per heavy atom. The Kier molecular flexibility index (Phi) is 6.11. The summed E-state index contributed by atoms with van der Waals surface area (Å²) in [6.07, 6.45) is 4.19. The van der Waals surface area contributed by atoms with Gasteiger partial charge < -0.3 is 13.6 Å². The second kappa shape index (κ2) is 7.41. The highest BCUT2D eigenvalue weighted by Gasteiger charge is 2.42. The summed E-state index contributed by atoms with van der Waals surface area (Å²) in [5, 5.41) is 0.262. The predicted molar refractivity (Wildman–Crippen MR) is 120 cm³/mol. The van der Waals surface area contributed by atoms with E-state index in [1.807, 2.05) is 0 Å². The van der Waals surface area contributed by atoms with Crippen LogP contribution in [0, 0.1) is 0 Å². The van der Waals surface area contributed by atoms with Crippen LogP contribution in [-0.2, 0) is 4.74 Å². The van der Waals surface area contributed by atoms with E-state index in [-0.39, 0.29) is 16.2 Å². The van der Waals surface area contributed by atoms with Crippen molar-refractivity contribution < 1.29 is 13.6 Å². The molecule has 2 rings (SSSR count). The maximum Gasteiger partial charge on any atom is 0.250 e. The van der Waals surface area contributed by atoms with E-state index < -0.39 is 16.6 Å². The van der Waals surface area contributed by atoms with Gasteiger partial charge in [-0.05, 0) is 54.0 Å². The van der Waals surface area contributed by atoms with E-state index in [1.54, 1.807) is 0 Å². The van der Waals surface area contributed by atoms with Crippen molar-refractivity contribution in [3.63, 3.8) is 0 Å². The van der Waals surface area contributed by atoms with E-state index in [2.05, 4.69) is 98.1 Å². The van der Waals surface area contributed by atoms with Gasteiger partial charge in [0.1, 0.15) is 17.6 Å². The van der Waals surface area contributed by atoms with Crippen molar-refractivity contribution in [3.8, 4) is 11.5 Å². The fourth-order valence-corrected chi connectivity index (χ4v) is 4.36. The summed E-state index contributed by atoms with van der Waals surface area (Å²) in [7, 11) is -3.94. The van der Waals surface area contributed by atoms with E-state index >= 15 is 0 Å². The Hall–Kier alpha value is -1.05. The van der Waals surface area contributed by atoms with Gasteiger partial charge in [0.15, 0.2) is 0 Å². The van der Waals surface area contributed by atoms with Crippen LogP contribution in [0.4, 0.5) is 0 Å². The fourth-order valence-electron chi connectivity index (χ4n) is 2.32.